The van der Waals surface area contributed by atoms with E-state index in [1.165, 1.54) is 6.07 Å². The molecule has 1 aromatic heterocycles. The molecule has 0 bridgehead atoms. The van der Waals surface area contributed by atoms with Gasteiger partial charge in [-0.15, -0.1) is 0 Å². The molecule has 1 saturated heterocycles. The molecule has 0 radical (unpaired) electrons. The van der Waals surface area contributed by atoms with Crippen molar-refractivity contribution < 1.29 is 17.6 Å². The second-order valence-electron chi connectivity index (χ2n) is 5.67. The molecular formula is C13H19BrN2O4S. The molecule has 0 spiro atoms. The number of halogens is 1. The molecule has 0 atom stereocenters. The molecule has 0 aromatic carbocycles. The summed E-state index contributed by atoms with van der Waals surface area (Å²) in [6.45, 7) is 5.68. The second kappa shape index (κ2) is 6.10. The molecule has 1 aliphatic heterocycles. The first kappa shape index (κ1) is 16.5. The summed E-state index contributed by atoms with van der Waals surface area (Å²) in [7, 11) is -3.91. The normalized spacial score (nSPS) is 17.5. The highest BCUT2D eigenvalue weighted by Gasteiger charge is 2.29. The SMILES string of the molecule is CC(C)C1CCN(C(=O)c2cc(S(N)(=O)=O)c(Br)o2)CC1. The summed E-state index contributed by atoms with van der Waals surface area (Å²) in [4.78, 5) is 13.8. The van der Waals surface area contributed by atoms with Crippen molar-refractivity contribution in [2.75, 3.05) is 13.1 Å². The van der Waals surface area contributed by atoms with Crippen LogP contribution in [0.1, 0.15) is 37.2 Å². The highest BCUT2D eigenvalue weighted by molar-refractivity contribution is 9.10. The molecule has 0 saturated carbocycles. The van der Waals surface area contributed by atoms with Gasteiger partial charge in [-0.3, -0.25) is 4.79 Å². The number of likely N-dealkylation sites (tertiary alicyclic amines) is 1. The lowest BCUT2D eigenvalue weighted by Crippen LogP contribution is -2.39. The minimum atomic E-state index is -3.91. The maximum Gasteiger partial charge on any atom is 0.289 e. The number of carbonyl (C=O) groups excluding carboxylic acids is 1. The molecule has 0 unspecified atom stereocenters. The maximum absolute atomic E-state index is 12.3. The molecule has 1 aromatic rings. The van der Waals surface area contributed by atoms with Crippen molar-refractivity contribution in [3.8, 4) is 0 Å². The van der Waals surface area contributed by atoms with Crippen molar-refractivity contribution in [1.29, 1.82) is 0 Å². The minimum Gasteiger partial charge on any atom is -0.443 e. The lowest BCUT2D eigenvalue weighted by atomic mass is 9.87. The van der Waals surface area contributed by atoms with Crippen LogP contribution in [-0.2, 0) is 10.0 Å². The Morgan fingerprint density at radius 3 is 2.43 bits per heavy atom. The fourth-order valence-electron chi connectivity index (χ4n) is 2.58. The lowest BCUT2D eigenvalue weighted by Gasteiger charge is -2.33. The molecule has 6 nitrogen and oxygen atoms in total. The fraction of sp³-hybridized carbons (Fsp3) is 0.615. The third-order valence-corrected chi connectivity index (χ3v) is 5.71. The maximum atomic E-state index is 12.3. The number of hydrogen-bond acceptors (Lipinski definition) is 4. The van der Waals surface area contributed by atoms with Crippen molar-refractivity contribution in [3.05, 3.63) is 16.5 Å². The molecule has 0 aliphatic carbocycles. The van der Waals surface area contributed by atoms with Gasteiger partial charge in [0.15, 0.2) is 10.4 Å². The Labute approximate surface area is 132 Å². The minimum absolute atomic E-state index is 0.00565. The predicted octanol–water partition coefficient (Wildman–Crippen LogP) is 2.20. The van der Waals surface area contributed by atoms with Crippen LogP contribution in [-0.4, -0.2) is 32.3 Å². The number of sulfonamides is 1. The lowest BCUT2D eigenvalue weighted by molar-refractivity contribution is 0.0634. The van der Waals surface area contributed by atoms with Crippen LogP contribution in [0.3, 0.4) is 0 Å². The molecule has 1 amide bonds. The van der Waals surface area contributed by atoms with E-state index in [-0.39, 0.29) is 21.2 Å². The summed E-state index contributed by atoms with van der Waals surface area (Å²) in [6, 6.07) is 1.18. The summed E-state index contributed by atoms with van der Waals surface area (Å²) >= 11 is 2.98. The van der Waals surface area contributed by atoms with Crippen LogP contribution in [0.15, 0.2) is 20.0 Å². The van der Waals surface area contributed by atoms with Gasteiger partial charge in [-0.2, -0.15) is 0 Å². The highest BCUT2D eigenvalue weighted by atomic mass is 79.9. The Bertz CT molecular complexity index is 631. The molecular weight excluding hydrogens is 360 g/mol. The molecule has 2 heterocycles. The van der Waals surface area contributed by atoms with Crippen molar-refractivity contribution in [1.82, 2.24) is 4.90 Å². The van der Waals surface area contributed by atoms with Crippen molar-refractivity contribution >= 4 is 31.9 Å². The number of nitrogens with two attached hydrogens (primary N) is 1. The topological polar surface area (TPSA) is 93.6 Å². The smallest absolute Gasteiger partial charge is 0.289 e. The summed E-state index contributed by atoms with van der Waals surface area (Å²) in [5.74, 6) is 0.924. The van der Waals surface area contributed by atoms with Crippen LogP contribution in [0.5, 0.6) is 0 Å². The van der Waals surface area contributed by atoms with Crippen LogP contribution in [0, 0.1) is 11.8 Å². The average Bonchev–Trinajstić information content (AvgIpc) is 2.80. The quantitative estimate of drug-likeness (QED) is 0.871. The van der Waals surface area contributed by atoms with E-state index in [2.05, 4.69) is 29.8 Å². The third kappa shape index (κ3) is 3.67. The van der Waals surface area contributed by atoms with E-state index in [4.69, 9.17) is 9.56 Å². The highest BCUT2D eigenvalue weighted by Crippen LogP contribution is 2.28. The predicted molar refractivity (Wildman–Crippen MR) is 81.2 cm³/mol. The first-order valence-corrected chi connectivity index (χ1v) is 9.15. The van der Waals surface area contributed by atoms with Crippen LogP contribution in [0.2, 0.25) is 0 Å². The Kier molecular flexibility index (Phi) is 4.79. The van der Waals surface area contributed by atoms with Crippen molar-refractivity contribution in [2.45, 2.75) is 31.6 Å². The monoisotopic (exact) mass is 378 g/mol. The van der Waals surface area contributed by atoms with Gasteiger partial charge in [-0.25, -0.2) is 13.6 Å². The van der Waals surface area contributed by atoms with E-state index in [1.807, 2.05) is 0 Å². The van der Waals surface area contributed by atoms with Gasteiger partial charge in [0.05, 0.1) is 0 Å². The van der Waals surface area contributed by atoms with E-state index in [1.54, 1.807) is 4.90 Å². The Morgan fingerprint density at radius 2 is 2.00 bits per heavy atom. The Hall–Kier alpha value is -0.860. The first-order chi connectivity index (χ1) is 9.70. The molecule has 118 valence electrons. The first-order valence-electron chi connectivity index (χ1n) is 6.81. The van der Waals surface area contributed by atoms with E-state index in [0.29, 0.717) is 24.9 Å². The van der Waals surface area contributed by atoms with Crippen molar-refractivity contribution in [2.24, 2.45) is 17.0 Å². The largest absolute Gasteiger partial charge is 0.443 e. The summed E-state index contributed by atoms with van der Waals surface area (Å²) in [5, 5.41) is 5.06. The van der Waals surface area contributed by atoms with Gasteiger partial charge in [-0.05, 0) is 40.6 Å². The van der Waals surface area contributed by atoms with E-state index < -0.39 is 10.0 Å². The standard InChI is InChI=1S/C13H19BrN2O4S/c1-8(2)9-3-5-16(6-4-9)13(17)10-7-11(12(14)20-10)21(15,18)19/h7-9H,3-6H2,1-2H3,(H2,15,18,19). The average molecular weight is 379 g/mol. The van der Waals surface area contributed by atoms with Gasteiger partial charge in [0.25, 0.3) is 5.91 Å². The number of primary sulfonamides is 1. The molecule has 2 N–H and O–H groups in total. The fourth-order valence-corrected chi connectivity index (χ4v) is 4.08. The van der Waals surface area contributed by atoms with Gasteiger partial charge < -0.3 is 9.32 Å². The van der Waals surface area contributed by atoms with E-state index in [9.17, 15) is 13.2 Å². The molecule has 1 aliphatic rings. The summed E-state index contributed by atoms with van der Waals surface area (Å²) < 4.78 is 27.9. The van der Waals surface area contributed by atoms with Gasteiger partial charge in [0, 0.05) is 19.2 Å². The van der Waals surface area contributed by atoms with Crippen LogP contribution in [0.4, 0.5) is 0 Å². The Morgan fingerprint density at radius 1 is 1.43 bits per heavy atom. The Balaban J connectivity index is 2.12. The van der Waals surface area contributed by atoms with Crippen LogP contribution < -0.4 is 5.14 Å². The summed E-state index contributed by atoms with van der Waals surface area (Å²) in [6.07, 6.45) is 1.90. The molecule has 8 heteroatoms. The third-order valence-electron chi connectivity index (χ3n) is 3.94. The number of hydrogen-bond donors (Lipinski definition) is 1. The number of nitrogens with zero attached hydrogens (tertiary/aromatic N) is 1. The van der Waals surface area contributed by atoms with Gasteiger partial charge in [-0.1, -0.05) is 13.8 Å². The second-order valence-corrected chi connectivity index (χ2v) is 7.92. The van der Waals surface area contributed by atoms with E-state index in [0.717, 1.165) is 12.8 Å². The zero-order valence-corrected chi connectivity index (χ0v) is 14.4. The molecule has 2 rings (SSSR count). The zero-order valence-electron chi connectivity index (χ0n) is 12.0. The zero-order chi connectivity index (χ0) is 15.8. The molecule has 1 fully saturated rings. The van der Waals surface area contributed by atoms with E-state index >= 15 is 0 Å². The van der Waals surface area contributed by atoms with Gasteiger partial charge >= 0.3 is 0 Å². The van der Waals surface area contributed by atoms with Crippen LogP contribution in [0.25, 0.3) is 0 Å². The van der Waals surface area contributed by atoms with Crippen molar-refractivity contribution in [3.63, 3.8) is 0 Å². The van der Waals surface area contributed by atoms with Gasteiger partial charge in [0.1, 0.15) is 4.90 Å². The van der Waals surface area contributed by atoms with Gasteiger partial charge in [0.2, 0.25) is 10.0 Å². The number of carbonyl (C=O) groups is 1. The number of rotatable bonds is 3. The van der Waals surface area contributed by atoms with Crippen LogP contribution >= 0.6 is 15.9 Å². The number of furan rings is 1. The molecule has 21 heavy (non-hydrogen) atoms. The number of amides is 1. The number of piperidine rings is 1. The summed E-state index contributed by atoms with van der Waals surface area (Å²) in [5.41, 5.74) is 0.